The Kier molecular flexibility index (Phi) is 6.79. The molecule has 1 spiro atoms. The molecule has 2 aliphatic rings. The van der Waals surface area contributed by atoms with E-state index in [1.165, 1.54) is 0 Å². The van der Waals surface area contributed by atoms with Crippen LogP contribution in [0.25, 0.3) is 5.70 Å². The summed E-state index contributed by atoms with van der Waals surface area (Å²) in [5.74, 6) is 0. The third-order valence-corrected chi connectivity index (χ3v) is 10.4. The van der Waals surface area contributed by atoms with Crippen LogP contribution in [0.3, 0.4) is 0 Å². The second kappa shape index (κ2) is 8.39. The number of amidine groups is 1. The molecule has 0 amide bonds. The molecule has 0 bridgehead atoms. The van der Waals surface area contributed by atoms with Crippen molar-refractivity contribution in [3.05, 3.63) is 38.7 Å². The molecule has 0 atom stereocenters. The Morgan fingerprint density at radius 3 is 2.34 bits per heavy atom. The third kappa shape index (κ3) is 4.55. The zero-order valence-corrected chi connectivity index (χ0v) is 20.6. The minimum atomic E-state index is -4.08. The van der Waals surface area contributed by atoms with Gasteiger partial charge in [-0.25, -0.2) is 4.99 Å². The predicted octanol–water partition coefficient (Wildman–Crippen LogP) is 6.27. The molecule has 0 saturated carbocycles. The zero-order valence-electron chi connectivity index (χ0n) is 15.9. The van der Waals surface area contributed by atoms with Crippen molar-refractivity contribution < 1.29 is 15.7 Å². The van der Waals surface area contributed by atoms with Crippen LogP contribution in [0.2, 0.25) is 10.0 Å². The van der Waals surface area contributed by atoms with Crippen LogP contribution < -0.4 is 0 Å². The maximum atomic E-state index is 11.8. The Hall–Kier alpha value is -0.190. The Balaban J connectivity index is 2.11. The van der Waals surface area contributed by atoms with Crippen LogP contribution in [0.4, 0.5) is 0 Å². The molecule has 6 nitrogen and oxygen atoms in total. The molecule has 1 aromatic rings. The summed E-state index contributed by atoms with van der Waals surface area (Å²) in [6.45, 7) is 6.34. The van der Waals surface area contributed by atoms with Gasteiger partial charge >= 0.3 is 10.4 Å². The van der Waals surface area contributed by atoms with Crippen molar-refractivity contribution in [3.8, 4) is 0 Å². The molecule has 1 saturated heterocycles. The molecule has 0 radical (unpaired) electrons. The Morgan fingerprint density at radius 2 is 1.83 bits per heavy atom. The van der Waals surface area contributed by atoms with Gasteiger partial charge in [-0.2, -0.15) is 8.42 Å². The molecular formula is C17H20Cl4N2O4S2. The van der Waals surface area contributed by atoms with Crippen molar-refractivity contribution in [2.24, 2.45) is 4.99 Å². The highest BCUT2D eigenvalue weighted by atomic mass is 35.5. The van der Waals surface area contributed by atoms with Crippen LogP contribution in [0.15, 0.2) is 28.1 Å². The maximum absolute atomic E-state index is 11.8. The number of benzene rings is 1. The van der Waals surface area contributed by atoms with E-state index in [0.717, 1.165) is 6.42 Å². The lowest BCUT2D eigenvalue weighted by Gasteiger charge is -2.48. The highest BCUT2D eigenvalue weighted by Crippen LogP contribution is 2.73. The van der Waals surface area contributed by atoms with Crippen LogP contribution in [-0.4, -0.2) is 35.9 Å². The Labute approximate surface area is 192 Å². The maximum Gasteiger partial charge on any atom is 0.438 e. The summed E-state index contributed by atoms with van der Waals surface area (Å²) >= 11 is 25.2. The van der Waals surface area contributed by atoms with Gasteiger partial charge in [-0.15, -0.1) is 7.26 Å². The van der Waals surface area contributed by atoms with E-state index in [0.29, 0.717) is 44.3 Å². The fourth-order valence-electron chi connectivity index (χ4n) is 2.98. The molecular weight excluding hydrogens is 502 g/mol. The van der Waals surface area contributed by atoms with Crippen molar-refractivity contribution in [1.82, 2.24) is 4.90 Å². The molecule has 0 aromatic heterocycles. The van der Waals surface area contributed by atoms with Crippen molar-refractivity contribution >= 4 is 78.3 Å². The quantitative estimate of drug-likeness (QED) is 0.412. The van der Waals surface area contributed by atoms with Gasteiger partial charge in [-0.3, -0.25) is 0 Å². The number of nitrogens with zero attached hydrogens (tertiary/aromatic N) is 2. The molecule has 29 heavy (non-hydrogen) atoms. The van der Waals surface area contributed by atoms with E-state index < -0.39 is 25.3 Å². The number of rotatable bonds is 6. The van der Waals surface area contributed by atoms with Crippen molar-refractivity contribution in [2.75, 3.05) is 13.1 Å². The van der Waals surface area contributed by atoms with Gasteiger partial charge in [0.2, 0.25) is 5.17 Å². The highest BCUT2D eigenvalue weighted by molar-refractivity contribution is 8.49. The van der Waals surface area contributed by atoms with Gasteiger partial charge in [0.1, 0.15) is 4.33 Å². The van der Waals surface area contributed by atoms with Crippen molar-refractivity contribution in [2.45, 2.75) is 37.9 Å². The zero-order chi connectivity index (χ0) is 21.6. The number of hydrogen-bond acceptors (Lipinski definition) is 6. The molecule has 162 valence electrons. The first-order valence-corrected chi connectivity index (χ1v) is 13.2. The van der Waals surface area contributed by atoms with Gasteiger partial charge in [-0.05, 0) is 38.0 Å². The number of alkyl halides is 2. The normalized spacial score (nSPS) is 21.1. The molecule has 1 aromatic carbocycles. The number of aliphatic imine (C=N–C) groups is 1. The van der Waals surface area contributed by atoms with Crippen molar-refractivity contribution in [3.63, 3.8) is 0 Å². The molecule has 3 rings (SSSR count). The minimum Gasteiger partial charge on any atom is -0.340 e. The first-order valence-electron chi connectivity index (χ1n) is 8.83. The Morgan fingerprint density at radius 1 is 1.17 bits per heavy atom. The molecule has 2 heterocycles. The average molecular weight is 522 g/mol. The first-order chi connectivity index (χ1) is 13.4. The second-order valence-corrected chi connectivity index (χ2v) is 13.0. The van der Waals surface area contributed by atoms with Crippen LogP contribution in [-0.2, 0) is 17.7 Å². The molecule has 2 aliphatic heterocycles. The lowest BCUT2D eigenvalue weighted by Crippen LogP contribution is -2.45. The summed E-state index contributed by atoms with van der Waals surface area (Å²) in [5.41, 5.74) is 1.08. The summed E-state index contributed by atoms with van der Waals surface area (Å²) in [4.78, 5) is 7.08. The van der Waals surface area contributed by atoms with E-state index in [1.54, 1.807) is 25.1 Å². The monoisotopic (exact) mass is 520 g/mol. The highest BCUT2D eigenvalue weighted by Gasteiger charge is 2.56. The summed E-state index contributed by atoms with van der Waals surface area (Å²) in [6.07, 6.45) is 1.25. The van der Waals surface area contributed by atoms with Crippen molar-refractivity contribution in [1.29, 1.82) is 0 Å². The van der Waals surface area contributed by atoms with E-state index in [4.69, 9.17) is 58.7 Å². The third-order valence-electron chi connectivity index (χ3n) is 4.43. The summed E-state index contributed by atoms with van der Waals surface area (Å²) in [6, 6.07) is 5.00. The van der Waals surface area contributed by atoms with Gasteiger partial charge < -0.3 is 4.90 Å². The van der Waals surface area contributed by atoms with E-state index in [-0.39, 0.29) is 6.54 Å². The van der Waals surface area contributed by atoms with E-state index >= 15 is 0 Å². The lowest BCUT2D eigenvalue weighted by molar-refractivity contribution is 0.345. The van der Waals surface area contributed by atoms with E-state index in [9.17, 15) is 8.42 Å². The SMILES string of the molecule is CCCN(CC(Cl)(Cl)CC)C1=NC(c2ccc(Cl)cc2Cl)=C(C)S12OS(=O)(=O)O2. The second-order valence-electron chi connectivity index (χ2n) is 6.60. The molecule has 0 unspecified atom stereocenters. The first kappa shape index (κ1) is 23.5. The van der Waals surface area contributed by atoms with Gasteiger partial charge in [0, 0.05) is 17.1 Å². The van der Waals surface area contributed by atoms with Crippen LogP contribution in [0, 0.1) is 0 Å². The van der Waals surface area contributed by atoms with Gasteiger partial charge in [0.15, 0.2) is 0 Å². The fraction of sp³-hybridized carbons (Fsp3) is 0.471. The van der Waals surface area contributed by atoms with E-state index in [1.807, 2.05) is 18.7 Å². The van der Waals surface area contributed by atoms with E-state index in [2.05, 4.69) is 0 Å². The molecule has 12 heteroatoms. The average Bonchev–Trinajstić information content (AvgIpc) is 2.87. The largest absolute Gasteiger partial charge is 0.438 e. The lowest BCUT2D eigenvalue weighted by atomic mass is 10.1. The van der Waals surface area contributed by atoms with Gasteiger partial charge in [0.25, 0.3) is 0 Å². The fourth-order valence-corrected chi connectivity index (χ4v) is 8.38. The van der Waals surface area contributed by atoms with Gasteiger partial charge in [0.05, 0.1) is 22.2 Å². The summed E-state index contributed by atoms with van der Waals surface area (Å²) in [5, 5.41) is 1.21. The molecule has 1 fully saturated rings. The van der Waals surface area contributed by atoms with Crippen LogP contribution >= 0.6 is 57.0 Å². The summed E-state index contributed by atoms with van der Waals surface area (Å²) in [7, 11) is -6.84. The summed E-state index contributed by atoms with van der Waals surface area (Å²) < 4.78 is 33.2. The Bertz CT molecular complexity index is 983. The molecule has 0 aliphatic carbocycles. The predicted molar refractivity (Wildman–Crippen MR) is 122 cm³/mol. The van der Waals surface area contributed by atoms with Gasteiger partial charge in [-0.1, -0.05) is 70.8 Å². The molecule has 0 N–H and O–H groups in total. The number of allylic oxidation sites excluding steroid dienone is 1. The minimum absolute atomic E-state index is 0.232. The number of hydrogen-bond donors (Lipinski definition) is 0. The topological polar surface area (TPSA) is 68.2 Å². The smallest absolute Gasteiger partial charge is 0.340 e. The van der Waals surface area contributed by atoms with Crippen LogP contribution in [0.1, 0.15) is 39.2 Å². The number of halogens is 4. The van der Waals surface area contributed by atoms with Crippen LogP contribution in [0.5, 0.6) is 0 Å². The standard InChI is InChI=1S/C17H20Cl4N2O4S2/c1-4-8-23(10-17(20,21)5-2)16-22-15(13-7-6-12(18)9-14(13)19)11(3)28(16)26-29(24,25)27-28/h6-7,9H,4-5,8,10H2,1-3H3.